The van der Waals surface area contributed by atoms with Gasteiger partial charge in [-0.25, -0.2) is 4.79 Å². The maximum atomic E-state index is 13.3. The van der Waals surface area contributed by atoms with Gasteiger partial charge in [-0.2, -0.15) is 5.10 Å². The lowest BCUT2D eigenvalue weighted by atomic mass is 10.0. The van der Waals surface area contributed by atoms with Crippen molar-refractivity contribution in [2.24, 2.45) is 0 Å². The highest BCUT2D eigenvalue weighted by Crippen LogP contribution is 2.30. The van der Waals surface area contributed by atoms with E-state index in [-0.39, 0.29) is 30.0 Å². The van der Waals surface area contributed by atoms with Crippen LogP contribution < -0.4 is 5.32 Å². The number of aromatic carboxylic acids is 1. The van der Waals surface area contributed by atoms with Gasteiger partial charge < -0.3 is 15.3 Å². The predicted molar refractivity (Wildman–Crippen MR) is 134 cm³/mol. The average Bonchev–Trinajstić information content (AvgIpc) is 3.28. The maximum absolute atomic E-state index is 13.3. The zero-order valence-corrected chi connectivity index (χ0v) is 20.2. The Morgan fingerprint density at radius 1 is 1.14 bits per heavy atom. The van der Waals surface area contributed by atoms with Crippen LogP contribution in [0.4, 0.5) is 5.69 Å². The van der Waals surface area contributed by atoms with Crippen molar-refractivity contribution in [3.63, 3.8) is 0 Å². The van der Waals surface area contributed by atoms with E-state index in [9.17, 15) is 14.4 Å². The molecule has 1 aromatic heterocycles. The van der Waals surface area contributed by atoms with Crippen LogP contribution in [0.1, 0.15) is 59.5 Å². The fourth-order valence-corrected chi connectivity index (χ4v) is 4.38. The minimum atomic E-state index is -1.08. The smallest absolute Gasteiger partial charge is 0.335 e. The Bertz CT molecular complexity index is 1240. The molecule has 2 heterocycles. The van der Waals surface area contributed by atoms with Crippen molar-refractivity contribution < 1.29 is 19.5 Å². The van der Waals surface area contributed by atoms with Gasteiger partial charge >= 0.3 is 5.97 Å². The number of nitrogens with zero attached hydrogens (tertiary/aromatic N) is 3. The number of anilines is 1. The molecule has 0 radical (unpaired) electrons. The second-order valence-electron chi connectivity index (χ2n) is 8.64. The minimum absolute atomic E-state index is 0.0431. The van der Waals surface area contributed by atoms with E-state index in [0.29, 0.717) is 28.6 Å². The number of halogens is 1. The van der Waals surface area contributed by atoms with Crippen molar-refractivity contribution in [3.05, 3.63) is 70.9 Å². The molecule has 0 bridgehead atoms. The molecule has 0 aliphatic carbocycles. The van der Waals surface area contributed by atoms with E-state index >= 15 is 0 Å². The molecular weight excluding hydrogens is 468 g/mol. The SMILES string of the molecule is CCCCCC1CN(CC(=O)Nc2cccc(C(=O)O)c2)C(=O)c2cc(-c3ccc(Cl)cc3)nn21. The van der Waals surface area contributed by atoms with Crippen molar-refractivity contribution >= 4 is 35.1 Å². The Labute approximate surface area is 208 Å². The van der Waals surface area contributed by atoms with E-state index in [4.69, 9.17) is 21.8 Å². The number of carboxylic acid groups (broad SMARTS) is 1. The fourth-order valence-electron chi connectivity index (χ4n) is 4.25. The van der Waals surface area contributed by atoms with Gasteiger partial charge in [-0.3, -0.25) is 14.3 Å². The third-order valence-electron chi connectivity index (χ3n) is 6.03. The lowest BCUT2D eigenvalue weighted by molar-refractivity contribution is -0.117. The molecule has 35 heavy (non-hydrogen) atoms. The highest BCUT2D eigenvalue weighted by molar-refractivity contribution is 6.30. The number of rotatable bonds is 9. The van der Waals surface area contributed by atoms with E-state index in [0.717, 1.165) is 31.2 Å². The number of amides is 2. The maximum Gasteiger partial charge on any atom is 0.335 e. The first-order valence-electron chi connectivity index (χ1n) is 11.6. The Balaban J connectivity index is 1.55. The van der Waals surface area contributed by atoms with E-state index < -0.39 is 5.97 Å². The standard InChI is InChI=1S/C26H27ClN4O4/c1-2-3-4-8-21-15-30(16-24(32)28-20-7-5-6-18(13-20)26(34)35)25(33)23-14-22(29-31(21)23)17-9-11-19(27)12-10-17/h5-7,9-14,21H,2-4,8,15-16H2,1H3,(H,28,32)(H,34,35). The van der Waals surface area contributed by atoms with Crippen LogP contribution in [0.5, 0.6) is 0 Å². The Morgan fingerprint density at radius 3 is 2.63 bits per heavy atom. The molecule has 4 rings (SSSR count). The van der Waals surface area contributed by atoms with Gasteiger partial charge in [-0.1, -0.05) is 56.0 Å². The van der Waals surface area contributed by atoms with Gasteiger partial charge in [0.15, 0.2) is 0 Å². The summed E-state index contributed by atoms with van der Waals surface area (Å²) in [6, 6.07) is 15.0. The quantitative estimate of drug-likeness (QED) is 0.402. The monoisotopic (exact) mass is 494 g/mol. The number of benzene rings is 2. The molecule has 1 atom stereocenters. The minimum Gasteiger partial charge on any atom is -0.478 e. The van der Waals surface area contributed by atoms with E-state index in [1.165, 1.54) is 17.0 Å². The molecule has 0 fully saturated rings. The normalized spacial score (nSPS) is 15.1. The number of hydrogen-bond acceptors (Lipinski definition) is 4. The summed E-state index contributed by atoms with van der Waals surface area (Å²) < 4.78 is 1.80. The fraction of sp³-hybridized carbons (Fsp3) is 0.308. The number of carboxylic acids is 1. The molecule has 1 aliphatic heterocycles. The highest BCUT2D eigenvalue weighted by Gasteiger charge is 2.33. The molecule has 2 N–H and O–H groups in total. The van der Waals surface area contributed by atoms with Crippen LogP contribution in [0.3, 0.4) is 0 Å². The van der Waals surface area contributed by atoms with E-state index in [1.54, 1.807) is 35.0 Å². The van der Waals surface area contributed by atoms with Crippen molar-refractivity contribution in [3.8, 4) is 11.3 Å². The van der Waals surface area contributed by atoms with Crippen LogP contribution in [0.25, 0.3) is 11.3 Å². The molecule has 0 saturated carbocycles. The summed E-state index contributed by atoms with van der Waals surface area (Å²) >= 11 is 6.01. The lowest BCUT2D eigenvalue weighted by Crippen LogP contribution is -2.46. The van der Waals surface area contributed by atoms with Crippen LogP contribution in [0, 0.1) is 0 Å². The van der Waals surface area contributed by atoms with Gasteiger partial charge in [0.25, 0.3) is 5.91 Å². The van der Waals surface area contributed by atoms with Gasteiger partial charge in [0.2, 0.25) is 5.91 Å². The average molecular weight is 495 g/mol. The number of hydrogen-bond donors (Lipinski definition) is 2. The van der Waals surface area contributed by atoms with E-state index in [1.807, 2.05) is 12.1 Å². The summed E-state index contributed by atoms with van der Waals surface area (Å²) in [5.74, 6) is -1.73. The highest BCUT2D eigenvalue weighted by atomic mass is 35.5. The molecule has 1 aliphatic rings. The second-order valence-corrected chi connectivity index (χ2v) is 9.07. The Kier molecular flexibility index (Phi) is 7.51. The number of nitrogens with one attached hydrogen (secondary N) is 1. The van der Waals surface area contributed by atoms with Crippen LogP contribution in [-0.2, 0) is 4.79 Å². The summed E-state index contributed by atoms with van der Waals surface area (Å²) in [6.07, 6.45) is 3.99. The molecule has 1 unspecified atom stereocenters. The Morgan fingerprint density at radius 2 is 1.91 bits per heavy atom. The number of aromatic nitrogens is 2. The lowest BCUT2D eigenvalue weighted by Gasteiger charge is -2.33. The van der Waals surface area contributed by atoms with Gasteiger partial charge in [0.1, 0.15) is 12.2 Å². The van der Waals surface area contributed by atoms with Crippen LogP contribution in [0.15, 0.2) is 54.6 Å². The molecule has 8 nitrogen and oxygen atoms in total. The molecule has 0 spiro atoms. The molecule has 2 amide bonds. The molecule has 182 valence electrons. The molecule has 2 aromatic carbocycles. The van der Waals surface area contributed by atoms with Crippen LogP contribution >= 0.6 is 11.6 Å². The number of carbonyl (C=O) groups is 3. The zero-order chi connectivity index (χ0) is 24.9. The van der Waals surface area contributed by atoms with Crippen molar-refractivity contribution in [2.75, 3.05) is 18.4 Å². The summed E-state index contributed by atoms with van der Waals surface area (Å²) in [4.78, 5) is 38.8. The van der Waals surface area contributed by atoms with Crippen molar-refractivity contribution in [1.82, 2.24) is 14.7 Å². The molecule has 9 heteroatoms. The number of unbranched alkanes of at least 4 members (excludes halogenated alkanes) is 2. The zero-order valence-electron chi connectivity index (χ0n) is 19.4. The summed E-state index contributed by atoms with van der Waals surface area (Å²) in [7, 11) is 0. The van der Waals surface area contributed by atoms with Crippen molar-refractivity contribution in [1.29, 1.82) is 0 Å². The Hall–Kier alpha value is -3.65. The van der Waals surface area contributed by atoms with Gasteiger partial charge in [-0.15, -0.1) is 0 Å². The molecule has 0 saturated heterocycles. The molecular formula is C26H27ClN4O4. The number of carbonyl (C=O) groups excluding carboxylic acids is 2. The number of fused-ring (bicyclic) bond motifs is 1. The first-order chi connectivity index (χ1) is 16.9. The third-order valence-corrected chi connectivity index (χ3v) is 6.28. The van der Waals surface area contributed by atoms with E-state index in [2.05, 4.69) is 12.2 Å². The summed E-state index contributed by atoms with van der Waals surface area (Å²) in [5, 5.41) is 17.2. The largest absolute Gasteiger partial charge is 0.478 e. The topological polar surface area (TPSA) is 105 Å². The van der Waals surface area contributed by atoms with Crippen LogP contribution in [-0.4, -0.2) is 50.7 Å². The molecule has 3 aromatic rings. The predicted octanol–water partition coefficient (Wildman–Crippen LogP) is 5.12. The first-order valence-corrected chi connectivity index (χ1v) is 12.0. The first kappa shape index (κ1) is 24.5. The van der Waals surface area contributed by atoms with Crippen LogP contribution in [0.2, 0.25) is 5.02 Å². The van der Waals surface area contributed by atoms with Gasteiger partial charge in [0.05, 0.1) is 17.3 Å². The summed E-state index contributed by atoms with van der Waals surface area (Å²) in [6.45, 7) is 2.38. The summed E-state index contributed by atoms with van der Waals surface area (Å²) in [5.41, 5.74) is 2.44. The van der Waals surface area contributed by atoms with Gasteiger partial charge in [0, 0.05) is 22.8 Å². The third kappa shape index (κ3) is 5.71. The van der Waals surface area contributed by atoms with Crippen molar-refractivity contribution in [2.45, 2.75) is 38.6 Å². The van der Waals surface area contributed by atoms with Gasteiger partial charge in [-0.05, 0) is 42.8 Å². The second kappa shape index (κ2) is 10.7.